The molecule has 3 aliphatic rings. The molecule has 2 heterocycles. The number of hydrogen-bond donors (Lipinski definition) is 1. The van der Waals surface area contributed by atoms with Gasteiger partial charge in [-0.3, -0.25) is 9.69 Å². The molecule has 4 rings (SSSR count). The van der Waals surface area contributed by atoms with Crippen LogP contribution in [0.2, 0.25) is 0 Å². The van der Waals surface area contributed by atoms with Gasteiger partial charge in [-0.1, -0.05) is 31.0 Å². The highest BCUT2D eigenvalue weighted by Gasteiger charge is 2.46. The van der Waals surface area contributed by atoms with Gasteiger partial charge in [-0.15, -0.1) is 0 Å². The van der Waals surface area contributed by atoms with Crippen molar-refractivity contribution in [1.29, 1.82) is 0 Å². The largest absolute Gasteiger partial charge is 0.493 e. The number of nitrogens with zero attached hydrogens (tertiary/aromatic N) is 1. The average molecular weight is 328 g/mol. The van der Waals surface area contributed by atoms with Crippen molar-refractivity contribution in [2.75, 3.05) is 26.2 Å². The molecule has 1 atom stereocenters. The summed E-state index contributed by atoms with van der Waals surface area (Å²) in [7, 11) is 0. The summed E-state index contributed by atoms with van der Waals surface area (Å²) in [6.45, 7) is 3.61. The van der Waals surface area contributed by atoms with E-state index in [9.17, 15) is 4.79 Å². The molecule has 0 spiro atoms. The molecule has 4 nitrogen and oxygen atoms in total. The van der Waals surface area contributed by atoms with E-state index in [4.69, 9.17) is 4.74 Å². The number of likely N-dealkylation sites (tertiary alicyclic amines) is 1. The Kier molecular flexibility index (Phi) is 4.49. The molecule has 1 N–H and O–H groups in total. The Hall–Kier alpha value is -1.55. The Morgan fingerprint density at radius 3 is 2.71 bits per heavy atom. The fraction of sp³-hybridized carbons (Fsp3) is 0.650. The van der Waals surface area contributed by atoms with Crippen LogP contribution in [0.4, 0.5) is 0 Å². The first kappa shape index (κ1) is 15.9. The monoisotopic (exact) mass is 328 g/mol. The molecule has 1 saturated carbocycles. The molecule has 130 valence electrons. The van der Waals surface area contributed by atoms with Crippen molar-refractivity contribution in [3.63, 3.8) is 0 Å². The van der Waals surface area contributed by atoms with Gasteiger partial charge in [-0.25, -0.2) is 0 Å². The highest BCUT2D eigenvalue weighted by molar-refractivity contribution is 5.86. The molecule has 1 aromatic rings. The number of amides is 1. The molecule has 0 radical (unpaired) electrons. The first-order chi connectivity index (χ1) is 11.8. The minimum Gasteiger partial charge on any atom is -0.493 e. The third-order valence-electron chi connectivity index (χ3n) is 6.07. The van der Waals surface area contributed by atoms with E-state index in [0.717, 1.165) is 44.6 Å². The van der Waals surface area contributed by atoms with Gasteiger partial charge in [0.05, 0.1) is 6.61 Å². The molecular weight excluding hydrogens is 300 g/mol. The van der Waals surface area contributed by atoms with Gasteiger partial charge in [0.25, 0.3) is 0 Å². The van der Waals surface area contributed by atoms with Crippen LogP contribution in [0, 0.1) is 5.92 Å². The first-order valence-electron chi connectivity index (χ1n) is 9.52. The van der Waals surface area contributed by atoms with Gasteiger partial charge in [0.1, 0.15) is 11.3 Å². The normalized spacial score (nSPS) is 25.9. The van der Waals surface area contributed by atoms with E-state index in [-0.39, 0.29) is 11.4 Å². The molecule has 0 unspecified atom stereocenters. The molecule has 1 aromatic carbocycles. The van der Waals surface area contributed by atoms with Crippen molar-refractivity contribution in [2.24, 2.45) is 5.92 Å². The molecular formula is C20H28N2O2. The number of fused-ring (bicyclic) bond motifs is 1. The van der Waals surface area contributed by atoms with Crippen LogP contribution in [-0.4, -0.2) is 42.6 Å². The van der Waals surface area contributed by atoms with E-state index >= 15 is 0 Å². The summed E-state index contributed by atoms with van der Waals surface area (Å²) in [5.41, 5.74) is 1.04. The lowest BCUT2D eigenvalue weighted by Gasteiger charge is -2.37. The number of rotatable bonds is 4. The molecule has 4 heteroatoms. The SMILES string of the molecule is O=C(NC[C@H]1COc2ccccc2C1)C1(N2CCCC2)CCCC1. The number of hydrogen-bond acceptors (Lipinski definition) is 3. The third kappa shape index (κ3) is 2.92. The maximum Gasteiger partial charge on any atom is 0.240 e. The number of ether oxygens (including phenoxy) is 1. The highest BCUT2D eigenvalue weighted by atomic mass is 16.5. The quantitative estimate of drug-likeness (QED) is 0.924. The van der Waals surface area contributed by atoms with Crippen molar-refractivity contribution in [1.82, 2.24) is 10.2 Å². The Bertz CT molecular complexity index is 589. The summed E-state index contributed by atoms with van der Waals surface area (Å²) >= 11 is 0. The predicted octanol–water partition coefficient (Wildman–Crippen LogP) is 2.76. The molecule has 24 heavy (non-hydrogen) atoms. The fourth-order valence-electron chi connectivity index (χ4n) is 4.72. The van der Waals surface area contributed by atoms with E-state index in [1.54, 1.807) is 0 Å². The van der Waals surface area contributed by atoms with E-state index in [1.165, 1.54) is 31.2 Å². The number of carbonyl (C=O) groups excluding carboxylic acids is 1. The number of carbonyl (C=O) groups is 1. The van der Waals surface area contributed by atoms with E-state index < -0.39 is 0 Å². The zero-order valence-corrected chi connectivity index (χ0v) is 14.4. The smallest absolute Gasteiger partial charge is 0.240 e. The first-order valence-corrected chi connectivity index (χ1v) is 9.52. The summed E-state index contributed by atoms with van der Waals surface area (Å²) < 4.78 is 5.86. The van der Waals surface area contributed by atoms with Crippen LogP contribution < -0.4 is 10.1 Å². The highest BCUT2D eigenvalue weighted by Crippen LogP contribution is 2.37. The van der Waals surface area contributed by atoms with Crippen LogP contribution in [-0.2, 0) is 11.2 Å². The second kappa shape index (κ2) is 6.75. The summed E-state index contributed by atoms with van der Waals surface area (Å²) in [4.78, 5) is 15.5. The number of nitrogens with one attached hydrogen (secondary N) is 1. The number of para-hydroxylation sites is 1. The van der Waals surface area contributed by atoms with Crippen LogP contribution in [0.15, 0.2) is 24.3 Å². The molecule has 2 fully saturated rings. The van der Waals surface area contributed by atoms with Crippen LogP contribution in [0.1, 0.15) is 44.1 Å². The van der Waals surface area contributed by atoms with Gasteiger partial charge < -0.3 is 10.1 Å². The van der Waals surface area contributed by atoms with Gasteiger partial charge in [0.2, 0.25) is 5.91 Å². The number of benzene rings is 1. The molecule has 0 aromatic heterocycles. The van der Waals surface area contributed by atoms with E-state index in [1.807, 2.05) is 12.1 Å². The van der Waals surface area contributed by atoms with E-state index in [2.05, 4.69) is 22.3 Å². The third-order valence-corrected chi connectivity index (χ3v) is 6.07. The molecule has 1 amide bonds. The summed E-state index contributed by atoms with van der Waals surface area (Å²) in [5.74, 6) is 1.64. The Morgan fingerprint density at radius 1 is 1.17 bits per heavy atom. The summed E-state index contributed by atoms with van der Waals surface area (Å²) in [6.07, 6.45) is 7.90. The maximum absolute atomic E-state index is 13.0. The summed E-state index contributed by atoms with van der Waals surface area (Å²) in [6, 6.07) is 8.24. The second-order valence-electron chi connectivity index (χ2n) is 7.63. The van der Waals surface area contributed by atoms with Gasteiger partial charge in [0.15, 0.2) is 0 Å². The van der Waals surface area contributed by atoms with Gasteiger partial charge in [-0.05, 0) is 56.8 Å². The molecule has 1 aliphatic carbocycles. The van der Waals surface area contributed by atoms with Gasteiger partial charge in [-0.2, -0.15) is 0 Å². The van der Waals surface area contributed by atoms with Crippen molar-refractivity contribution in [2.45, 2.75) is 50.5 Å². The minimum absolute atomic E-state index is 0.218. The fourth-order valence-corrected chi connectivity index (χ4v) is 4.72. The lowest BCUT2D eigenvalue weighted by molar-refractivity contribution is -0.133. The lowest BCUT2D eigenvalue weighted by Crippen LogP contribution is -2.57. The van der Waals surface area contributed by atoms with Crippen molar-refractivity contribution in [3.05, 3.63) is 29.8 Å². The Balaban J connectivity index is 1.37. The average Bonchev–Trinajstić information content (AvgIpc) is 3.31. The predicted molar refractivity (Wildman–Crippen MR) is 94.1 cm³/mol. The van der Waals surface area contributed by atoms with Gasteiger partial charge in [0, 0.05) is 12.5 Å². The van der Waals surface area contributed by atoms with Crippen molar-refractivity contribution in [3.8, 4) is 5.75 Å². The second-order valence-corrected chi connectivity index (χ2v) is 7.63. The molecule has 0 bridgehead atoms. The molecule has 2 aliphatic heterocycles. The standard InChI is InChI=1S/C20H28N2O2/c23-19(20(9-3-4-10-20)22-11-5-6-12-22)21-14-16-13-17-7-1-2-8-18(17)24-15-16/h1-2,7-8,16H,3-6,9-15H2,(H,21,23)/t16-/m0/s1. The zero-order valence-electron chi connectivity index (χ0n) is 14.4. The minimum atomic E-state index is -0.218. The van der Waals surface area contributed by atoms with E-state index in [0.29, 0.717) is 12.5 Å². The van der Waals surface area contributed by atoms with Crippen LogP contribution in [0.5, 0.6) is 5.75 Å². The van der Waals surface area contributed by atoms with Gasteiger partial charge >= 0.3 is 0 Å². The lowest BCUT2D eigenvalue weighted by atomic mass is 9.92. The van der Waals surface area contributed by atoms with Crippen molar-refractivity contribution >= 4 is 5.91 Å². The zero-order chi connectivity index (χ0) is 16.4. The van der Waals surface area contributed by atoms with Crippen LogP contribution >= 0.6 is 0 Å². The maximum atomic E-state index is 13.0. The van der Waals surface area contributed by atoms with Crippen LogP contribution in [0.25, 0.3) is 0 Å². The Morgan fingerprint density at radius 2 is 1.92 bits per heavy atom. The Labute approximate surface area is 144 Å². The van der Waals surface area contributed by atoms with Crippen molar-refractivity contribution < 1.29 is 9.53 Å². The topological polar surface area (TPSA) is 41.6 Å². The van der Waals surface area contributed by atoms with Crippen LogP contribution in [0.3, 0.4) is 0 Å². The molecule has 1 saturated heterocycles. The summed E-state index contributed by atoms with van der Waals surface area (Å²) in [5, 5.41) is 3.28.